The summed E-state index contributed by atoms with van der Waals surface area (Å²) >= 11 is 0. The van der Waals surface area contributed by atoms with Crippen LogP contribution < -0.4 is 5.32 Å². The molecular weight excluding hydrogens is 244 g/mol. The molecule has 0 bridgehead atoms. The summed E-state index contributed by atoms with van der Waals surface area (Å²) in [7, 11) is 0. The molecular formula is C14H20N2O3. The molecule has 0 saturated carbocycles. The van der Waals surface area contributed by atoms with Crippen molar-refractivity contribution in [2.24, 2.45) is 0 Å². The van der Waals surface area contributed by atoms with Gasteiger partial charge >= 0.3 is 5.97 Å². The second-order valence-electron chi connectivity index (χ2n) is 4.54. The summed E-state index contributed by atoms with van der Waals surface area (Å²) < 4.78 is 0. The first kappa shape index (κ1) is 15.1. The molecule has 1 heterocycles. The van der Waals surface area contributed by atoms with Gasteiger partial charge < -0.3 is 10.4 Å². The van der Waals surface area contributed by atoms with Crippen LogP contribution in [0.3, 0.4) is 0 Å². The van der Waals surface area contributed by atoms with E-state index in [9.17, 15) is 9.59 Å². The Hall–Kier alpha value is -1.91. The Balaban J connectivity index is 2.11. The van der Waals surface area contributed by atoms with Gasteiger partial charge in [0.15, 0.2) is 0 Å². The highest BCUT2D eigenvalue weighted by molar-refractivity contribution is 5.78. The van der Waals surface area contributed by atoms with Gasteiger partial charge in [0.05, 0.1) is 6.42 Å². The number of carboxylic acids is 1. The molecule has 0 fully saturated rings. The number of hydrogen-bond acceptors (Lipinski definition) is 3. The van der Waals surface area contributed by atoms with Crippen LogP contribution in [0.4, 0.5) is 0 Å². The number of rotatable bonds is 8. The number of unbranched alkanes of at least 4 members (excludes halogenated alkanes) is 2. The maximum atomic E-state index is 11.6. The Morgan fingerprint density at radius 1 is 1.26 bits per heavy atom. The van der Waals surface area contributed by atoms with Crippen molar-refractivity contribution in [1.82, 2.24) is 10.3 Å². The van der Waals surface area contributed by atoms with E-state index >= 15 is 0 Å². The van der Waals surface area contributed by atoms with Gasteiger partial charge in [-0.15, -0.1) is 0 Å². The van der Waals surface area contributed by atoms with E-state index < -0.39 is 5.97 Å². The molecule has 2 N–H and O–H groups in total. The highest BCUT2D eigenvalue weighted by Crippen LogP contribution is 2.01. The fourth-order valence-corrected chi connectivity index (χ4v) is 1.66. The molecule has 0 aliphatic heterocycles. The predicted molar refractivity (Wildman–Crippen MR) is 71.8 cm³/mol. The molecule has 0 atom stereocenters. The van der Waals surface area contributed by atoms with Gasteiger partial charge in [0.25, 0.3) is 0 Å². The minimum Gasteiger partial charge on any atom is -0.481 e. The lowest BCUT2D eigenvalue weighted by Gasteiger charge is -2.05. The number of nitrogens with one attached hydrogen (secondary N) is 1. The molecule has 19 heavy (non-hydrogen) atoms. The Kier molecular flexibility index (Phi) is 6.57. The van der Waals surface area contributed by atoms with Crippen LogP contribution in [0.1, 0.15) is 36.9 Å². The second kappa shape index (κ2) is 8.24. The zero-order valence-corrected chi connectivity index (χ0v) is 11.2. The van der Waals surface area contributed by atoms with E-state index in [0.29, 0.717) is 19.4 Å². The zero-order chi connectivity index (χ0) is 14.1. The lowest BCUT2D eigenvalue weighted by molar-refractivity contribution is -0.137. The van der Waals surface area contributed by atoms with E-state index in [-0.39, 0.29) is 12.3 Å². The van der Waals surface area contributed by atoms with Crippen LogP contribution in [0.25, 0.3) is 0 Å². The zero-order valence-electron chi connectivity index (χ0n) is 11.2. The van der Waals surface area contributed by atoms with E-state index in [2.05, 4.69) is 10.3 Å². The lowest BCUT2D eigenvalue weighted by atomic mass is 10.1. The van der Waals surface area contributed by atoms with Crippen molar-refractivity contribution in [3.8, 4) is 0 Å². The molecule has 0 radical (unpaired) electrons. The third kappa shape index (κ3) is 7.18. The van der Waals surface area contributed by atoms with Gasteiger partial charge in [-0.25, -0.2) is 0 Å². The van der Waals surface area contributed by atoms with E-state index in [0.717, 1.165) is 24.1 Å². The Morgan fingerprint density at radius 3 is 2.68 bits per heavy atom. The molecule has 5 nitrogen and oxygen atoms in total. The summed E-state index contributed by atoms with van der Waals surface area (Å²) in [6.07, 6.45) is 4.53. The largest absolute Gasteiger partial charge is 0.481 e. The van der Waals surface area contributed by atoms with Crippen molar-refractivity contribution in [3.05, 3.63) is 29.6 Å². The molecule has 0 spiro atoms. The first-order valence-electron chi connectivity index (χ1n) is 6.48. The van der Waals surface area contributed by atoms with Crippen LogP contribution in [-0.2, 0) is 16.0 Å². The standard InChI is InChI=1S/C14H20N2O3/c1-11-6-7-12(10-16-11)9-13(17)15-8-4-2-3-5-14(18)19/h6-7,10H,2-5,8-9H2,1H3,(H,15,17)(H,18,19). The summed E-state index contributed by atoms with van der Waals surface area (Å²) in [6, 6.07) is 3.78. The number of aliphatic carboxylic acids is 1. The number of aromatic nitrogens is 1. The molecule has 1 aromatic rings. The lowest BCUT2D eigenvalue weighted by Crippen LogP contribution is -2.26. The maximum absolute atomic E-state index is 11.6. The molecule has 104 valence electrons. The SMILES string of the molecule is Cc1ccc(CC(=O)NCCCCCC(=O)O)cn1. The quantitative estimate of drug-likeness (QED) is 0.700. The van der Waals surface area contributed by atoms with Crippen LogP contribution in [0.5, 0.6) is 0 Å². The molecule has 0 aromatic carbocycles. The minimum atomic E-state index is -0.768. The summed E-state index contributed by atoms with van der Waals surface area (Å²) in [6.45, 7) is 2.50. The van der Waals surface area contributed by atoms with Crippen LogP contribution in [-0.4, -0.2) is 28.5 Å². The van der Waals surface area contributed by atoms with E-state index in [4.69, 9.17) is 5.11 Å². The minimum absolute atomic E-state index is 0.0242. The average Bonchev–Trinajstić information content (AvgIpc) is 2.36. The molecule has 1 rings (SSSR count). The molecule has 1 aromatic heterocycles. The Bertz CT molecular complexity index is 415. The fraction of sp³-hybridized carbons (Fsp3) is 0.500. The van der Waals surface area contributed by atoms with Gasteiger partial charge in [-0.05, 0) is 31.4 Å². The third-order valence-corrected chi connectivity index (χ3v) is 2.73. The number of carbonyl (C=O) groups excluding carboxylic acids is 1. The molecule has 0 aliphatic carbocycles. The van der Waals surface area contributed by atoms with Gasteiger partial charge in [-0.1, -0.05) is 12.5 Å². The number of carbonyl (C=O) groups is 2. The first-order valence-corrected chi connectivity index (χ1v) is 6.48. The normalized spacial score (nSPS) is 10.2. The Labute approximate surface area is 113 Å². The number of nitrogens with zero attached hydrogens (tertiary/aromatic N) is 1. The molecule has 0 saturated heterocycles. The number of amides is 1. The number of hydrogen-bond donors (Lipinski definition) is 2. The van der Waals surface area contributed by atoms with Gasteiger partial charge in [-0.2, -0.15) is 0 Å². The summed E-state index contributed by atoms with van der Waals surface area (Å²) in [5, 5.41) is 11.3. The number of aryl methyl sites for hydroxylation is 1. The van der Waals surface area contributed by atoms with Crippen molar-refractivity contribution in [2.75, 3.05) is 6.54 Å². The average molecular weight is 264 g/mol. The van der Waals surface area contributed by atoms with Crippen LogP contribution >= 0.6 is 0 Å². The highest BCUT2D eigenvalue weighted by Gasteiger charge is 2.03. The predicted octanol–water partition coefficient (Wildman–Crippen LogP) is 1.69. The van der Waals surface area contributed by atoms with Crippen molar-refractivity contribution >= 4 is 11.9 Å². The molecule has 1 amide bonds. The van der Waals surface area contributed by atoms with E-state index in [1.165, 1.54) is 0 Å². The molecule has 0 unspecified atom stereocenters. The van der Waals surface area contributed by atoms with Crippen molar-refractivity contribution in [1.29, 1.82) is 0 Å². The molecule has 0 aliphatic rings. The van der Waals surface area contributed by atoms with Gasteiger partial charge in [0.1, 0.15) is 0 Å². The smallest absolute Gasteiger partial charge is 0.303 e. The van der Waals surface area contributed by atoms with Gasteiger partial charge in [0.2, 0.25) is 5.91 Å². The van der Waals surface area contributed by atoms with Crippen LogP contribution in [0.2, 0.25) is 0 Å². The van der Waals surface area contributed by atoms with Crippen molar-refractivity contribution < 1.29 is 14.7 Å². The summed E-state index contributed by atoms with van der Waals surface area (Å²) in [5.74, 6) is -0.792. The summed E-state index contributed by atoms with van der Waals surface area (Å²) in [4.78, 5) is 26.0. The third-order valence-electron chi connectivity index (χ3n) is 2.73. The topological polar surface area (TPSA) is 79.3 Å². The number of carboxylic acid groups (broad SMARTS) is 1. The summed E-state index contributed by atoms with van der Waals surface area (Å²) in [5.41, 5.74) is 1.83. The first-order chi connectivity index (χ1) is 9.08. The van der Waals surface area contributed by atoms with Crippen LogP contribution in [0, 0.1) is 6.92 Å². The number of pyridine rings is 1. The van der Waals surface area contributed by atoms with E-state index in [1.54, 1.807) is 6.20 Å². The van der Waals surface area contributed by atoms with Crippen molar-refractivity contribution in [2.45, 2.75) is 39.0 Å². The Morgan fingerprint density at radius 2 is 2.05 bits per heavy atom. The van der Waals surface area contributed by atoms with Gasteiger partial charge in [-0.3, -0.25) is 14.6 Å². The maximum Gasteiger partial charge on any atom is 0.303 e. The van der Waals surface area contributed by atoms with Gasteiger partial charge in [0, 0.05) is 24.9 Å². The van der Waals surface area contributed by atoms with Crippen molar-refractivity contribution in [3.63, 3.8) is 0 Å². The van der Waals surface area contributed by atoms with E-state index in [1.807, 2.05) is 19.1 Å². The highest BCUT2D eigenvalue weighted by atomic mass is 16.4. The monoisotopic (exact) mass is 264 g/mol. The molecule has 5 heteroatoms. The fourth-order valence-electron chi connectivity index (χ4n) is 1.66. The second-order valence-corrected chi connectivity index (χ2v) is 4.54. The van der Waals surface area contributed by atoms with Crippen LogP contribution in [0.15, 0.2) is 18.3 Å².